The number of nitrogens with zero attached hydrogens (tertiary/aromatic N) is 1. The van der Waals surface area contributed by atoms with Crippen molar-refractivity contribution in [2.24, 2.45) is 0 Å². The van der Waals surface area contributed by atoms with E-state index < -0.39 is 6.10 Å². The summed E-state index contributed by atoms with van der Waals surface area (Å²) in [5, 5.41) is 3.35. The smallest absolute Gasteiger partial charge is 0.263 e. The zero-order chi connectivity index (χ0) is 16.1. The van der Waals surface area contributed by atoms with Gasteiger partial charge in [-0.2, -0.15) is 0 Å². The lowest BCUT2D eigenvalue weighted by Crippen LogP contribution is -2.52. The molecule has 0 bridgehead atoms. The van der Waals surface area contributed by atoms with Gasteiger partial charge >= 0.3 is 0 Å². The van der Waals surface area contributed by atoms with Gasteiger partial charge < -0.3 is 15.0 Å². The van der Waals surface area contributed by atoms with E-state index in [1.807, 2.05) is 12.1 Å². The zero-order valence-electron chi connectivity index (χ0n) is 12.8. The minimum atomic E-state index is -0.615. The molecule has 1 aliphatic heterocycles. The van der Waals surface area contributed by atoms with Crippen molar-refractivity contribution in [3.63, 3.8) is 0 Å². The number of ether oxygens (including phenoxy) is 1. The molecule has 0 aliphatic carbocycles. The van der Waals surface area contributed by atoms with E-state index in [9.17, 15) is 9.59 Å². The van der Waals surface area contributed by atoms with Crippen molar-refractivity contribution in [3.8, 4) is 5.75 Å². The maximum absolute atomic E-state index is 12.5. The van der Waals surface area contributed by atoms with Crippen LogP contribution < -0.4 is 10.1 Å². The predicted octanol–water partition coefficient (Wildman–Crippen LogP) is 2.23. The normalized spacial score (nSPS) is 19.4. The van der Waals surface area contributed by atoms with E-state index in [-0.39, 0.29) is 17.9 Å². The lowest BCUT2D eigenvalue weighted by molar-refractivity contribution is -0.139. The largest absolute Gasteiger partial charge is 0.479 e. The Bertz CT molecular complexity index is 550. The minimum Gasteiger partial charge on any atom is -0.479 e. The number of hydrogen-bond donors (Lipinski definition) is 1. The second kappa shape index (κ2) is 7.49. The molecule has 1 heterocycles. The van der Waals surface area contributed by atoms with E-state index in [2.05, 4.69) is 5.32 Å². The standard InChI is InChI=1S/C16H21ClN2O3/c1-11(22-15-8-4-3-7-14(15)17)16(21)19-9-5-6-13(10-19)18-12(2)20/h3-4,7-8,11,13H,5-6,9-10H2,1-2H3,(H,18,20). The molecule has 1 aromatic rings. The maximum atomic E-state index is 12.5. The van der Waals surface area contributed by atoms with Crippen LogP contribution in [0, 0.1) is 0 Å². The average Bonchev–Trinajstić information content (AvgIpc) is 2.48. The summed E-state index contributed by atoms with van der Waals surface area (Å²) in [5.41, 5.74) is 0. The third kappa shape index (κ3) is 4.37. The minimum absolute atomic E-state index is 0.0164. The first kappa shape index (κ1) is 16.6. The van der Waals surface area contributed by atoms with Crippen LogP contribution in [0.2, 0.25) is 5.02 Å². The molecule has 6 heteroatoms. The molecule has 1 aliphatic rings. The topological polar surface area (TPSA) is 58.6 Å². The first-order valence-electron chi connectivity index (χ1n) is 7.44. The molecule has 1 saturated heterocycles. The Balaban J connectivity index is 1.95. The van der Waals surface area contributed by atoms with E-state index in [1.54, 1.807) is 24.0 Å². The van der Waals surface area contributed by atoms with Crippen molar-refractivity contribution in [2.75, 3.05) is 13.1 Å². The zero-order valence-corrected chi connectivity index (χ0v) is 13.6. The molecular weight excluding hydrogens is 304 g/mol. The van der Waals surface area contributed by atoms with Crippen LogP contribution in [0.5, 0.6) is 5.75 Å². The molecule has 2 amide bonds. The second-order valence-corrected chi connectivity index (χ2v) is 5.92. The molecule has 0 aromatic heterocycles. The number of piperidine rings is 1. The van der Waals surface area contributed by atoms with Crippen LogP contribution in [-0.4, -0.2) is 41.9 Å². The van der Waals surface area contributed by atoms with E-state index in [0.29, 0.717) is 23.9 Å². The molecule has 1 N–H and O–H groups in total. The number of carbonyl (C=O) groups is 2. The van der Waals surface area contributed by atoms with Crippen LogP contribution in [0.25, 0.3) is 0 Å². The number of nitrogens with one attached hydrogen (secondary N) is 1. The lowest BCUT2D eigenvalue weighted by Gasteiger charge is -2.34. The fraction of sp³-hybridized carbons (Fsp3) is 0.500. The summed E-state index contributed by atoms with van der Waals surface area (Å²) in [6, 6.07) is 7.10. The molecule has 1 aromatic carbocycles. The van der Waals surface area contributed by atoms with Gasteiger partial charge in [-0.25, -0.2) is 0 Å². The number of rotatable bonds is 4. The van der Waals surface area contributed by atoms with Crippen LogP contribution in [0.15, 0.2) is 24.3 Å². The van der Waals surface area contributed by atoms with Crippen molar-refractivity contribution >= 4 is 23.4 Å². The second-order valence-electron chi connectivity index (χ2n) is 5.51. The molecular formula is C16H21ClN2O3. The summed E-state index contributed by atoms with van der Waals surface area (Å²) in [7, 11) is 0. The van der Waals surface area contributed by atoms with Gasteiger partial charge in [-0.3, -0.25) is 9.59 Å². The van der Waals surface area contributed by atoms with Crippen molar-refractivity contribution < 1.29 is 14.3 Å². The van der Waals surface area contributed by atoms with E-state index in [4.69, 9.17) is 16.3 Å². The first-order valence-corrected chi connectivity index (χ1v) is 7.82. The van der Waals surface area contributed by atoms with Gasteiger partial charge in [0.2, 0.25) is 5.91 Å². The number of amides is 2. The Labute approximate surface area is 135 Å². The Kier molecular flexibility index (Phi) is 5.66. The molecule has 2 rings (SSSR count). The molecule has 2 unspecified atom stereocenters. The summed E-state index contributed by atoms with van der Waals surface area (Å²) in [5.74, 6) is 0.343. The van der Waals surface area contributed by atoms with Crippen LogP contribution in [0.1, 0.15) is 26.7 Å². The van der Waals surface area contributed by atoms with Crippen LogP contribution in [0.3, 0.4) is 0 Å². The maximum Gasteiger partial charge on any atom is 0.263 e. The van der Waals surface area contributed by atoms with Crippen LogP contribution in [0.4, 0.5) is 0 Å². The SMILES string of the molecule is CC(=O)NC1CCCN(C(=O)C(C)Oc2ccccc2Cl)C1. The molecule has 0 saturated carbocycles. The van der Waals surface area contributed by atoms with Gasteiger partial charge in [0, 0.05) is 26.1 Å². The fourth-order valence-corrected chi connectivity index (χ4v) is 2.80. The molecule has 120 valence electrons. The number of carbonyl (C=O) groups excluding carboxylic acids is 2. The molecule has 0 spiro atoms. The Morgan fingerprint density at radius 3 is 2.82 bits per heavy atom. The van der Waals surface area contributed by atoms with Crippen LogP contribution in [-0.2, 0) is 9.59 Å². The third-order valence-corrected chi connectivity index (χ3v) is 3.94. The number of likely N-dealkylation sites (tertiary alicyclic amines) is 1. The number of para-hydroxylation sites is 1. The van der Waals surface area contributed by atoms with Gasteiger partial charge in [0.05, 0.1) is 5.02 Å². The summed E-state index contributed by atoms with van der Waals surface area (Å²) < 4.78 is 5.67. The Morgan fingerprint density at radius 2 is 2.14 bits per heavy atom. The molecule has 5 nitrogen and oxygen atoms in total. The predicted molar refractivity (Wildman–Crippen MR) is 85.0 cm³/mol. The molecule has 22 heavy (non-hydrogen) atoms. The summed E-state index contributed by atoms with van der Waals surface area (Å²) in [6.07, 6.45) is 1.15. The number of hydrogen-bond acceptors (Lipinski definition) is 3. The summed E-state index contributed by atoms with van der Waals surface area (Å²) in [6.45, 7) is 4.41. The quantitative estimate of drug-likeness (QED) is 0.924. The van der Waals surface area contributed by atoms with Crippen molar-refractivity contribution in [1.82, 2.24) is 10.2 Å². The van der Waals surface area contributed by atoms with E-state index in [1.165, 1.54) is 6.92 Å². The highest BCUT2D eigenvalue weighted by molar-refractivity contribution is 6.32. The van der Waals surface area contributed by atoms with Crippen LogP contribution >= 0.6 is 11.6 Å². The Hall–Kier alpha value is -1.75. The number of benzene rings is 1. The lowest BCUT2D eigenvalue weighted by atomic mass is 10.1. The van der Waals surface area contributed by atoms with Crippen molar-refractivity contribution in [2.45, 2.75) is 38.8 Å². The Morgan fingerprint density at radius 1 is 1.41 bits per heavy atom. The van der Waals surface area contributed by atoms with Gasteiger partial charge in [0.15, 0.2) is 6.10 Å². The van der Waals surface area contributed by atoms with Crippen molar-refractivity contribution in [1.29, 1.82) is 0 Å². The molecule has 1 fully saturated rings. The van der Waals surface area contributed by atoms with Gasteiger partial charge in [-0.05, 0) is 31.9 Å². The van der Waals surface area contributed by atoms with Gasteiger partial charge in [-0.1, -0.05) is 23.7 Å². The highest BCUT2D eigenvalue weighted by Crippen LogP contribution is 2.24. The van der Waals surface area contributed by atoms with Gasteiger partial charge in [-0.15, -0.1) is 0 Å². The monoisotopic (exact) mass is 324 g/mol. The van der Waals surface area contributed by atoms with E-state index in [0.717, 1.165) is 12.8 Å². The first-order chi connectivity index (χ1) is 10.5. The molecule has 0 radical (unpaired) electrons. The molecule has 2 atom stereocenters. The van der Waals surface area contributed by atoms with Crippen molar-refractivity contribution in [3.05, 3.63) is 29.3 Å². The number of halogens is 1. The summed E-state index contributed by atoms with van der Waals surface area (Å²) >= 11 is 6.04. The highest BCUT2D eigenvalue weighted by atomic mass is 35.5. The summed E-state index contributed by atoms with van der Waals surface area (Å²) in [4.78, 5) is 25.4. The average molecular weight is 325 g/mol. The van der Waals surface area contributed by atoms with Gasteiger partial charge in [0.25, 0.3) is 5.91 Å². The van der Waals surface area contributed by atoms with Gasteiger partial charge in [0.1, 0.15) is 5.75 Å². The third-order valence-electron chi connectivity index (χ3n) is 3.63. The highest BCUT2D eigenvalue weighted by Gasteiger charge is 2.28. The fourth-order valence-electron chi connectivity index (χ4n) is 2.62. The van der Waals surface area contributed by atoms with E-state index >= 15 is 0 Å².